The van der Waals surface area contributed by atoms with E-state index in [1.165, 1.54) is 44.9 Å². The third-order valence-corrected chi connectivity index (χ3v) is 5.07. The van der Waals surface area contributed by atoms with Gasteiger partial charge >= 0.3 is 0 Å². The molecule has 1 saturated carbocycles. The van der Waals surface area contributed by atoms with Crippen LogP contribution < -0.4 is 11.1 Å². The van der Waals surface area contributed by atoms with Gasteiger partial charge < -0.3 is 11.1 Å². The fraction of sp³-hybridized carbons (Fsp3) is 0.882. The van der Waals surface area contributed by atoms with Crippen molar-refractivity contribution in [2.75, 3.05) is 6.54 Å². The maximum Gasteiger partial charge on any atom is 0.233 e. The highest BCUT2D eigenvalue weighted by Crippen LogP contribution is 2.35. The second-order valence-electron chi connectivity index (χ2n) is 6.38. The second kappa shape index (κ2) is 10.1. The van der Waals surface area contributed by atoms with Crippen LogP contribution in [0, 0.1) is 5.41 Å². The smallest absolute Gasteiger partial charge is 0.233 e. The predicted octanol–water partition coefficient (Wildman–Crippen LogP) is 4.09. The Kier molecular flexibility index (Phi) is 8.90. The minimum absolute atomic E-state index is 0.0745. The van der Waals surface area contributed by atoms with Gasteiger partial charge in [-0.25, -0.2) is 0 Å². The van der Waals surface area contributed by atoms with Crippen molar-refractivity contribution in [3.8, 4) is 0 Å². The number of carbonyl (C=O) groups excluding carboxylic acids is 1. The van der Waals surface area contributed by atoms with Crippen molar-refractivity contribution in [2.24, 2.45) is 11.1 Å². The van der Waals surface area contributed by atoms with E-state index in [0.29, 0.717) is 4.99 Å². The summed E-state index contributed by atoms with van der Waals surface area (Å²) in [5.74, 6) is 0.0745. The molecule has 0 aromatic carbocycles. The van der Waals surface area contributed by atoms with Gasteiger partial charge in [-0.1, -0.05) is 76.9 Å². The molecule has 0 radical (unpaired) electrons. The molecule has 0 atom stereocenters. The van der Waals surface area contributed by atoms with Crippen molar-refractivity contribution < 1.29 is 4.79 Å². The number of hydrogen-bond acceptors (Lipinski definition) is 2. The van der Waals surface area contributed by atoms with Crippen LogP contribution in [0.15, 0.2) is 0 Å². The minimum atomic E-state index is -0.575. The van der Waals surface area contributed by atoms with Gasteiger partial charge in [-0.3, -0.25) is 4.79 Å². The maximum atomic E-state index is 12.6. The molecule has 1 amide bonds. The molecule has 0 aromatic heterocycles. The summed E-state index contributed by atoms with van der Waals surface area (Å²) in [6, 6.07) is 0. The van der Waals surface area contributed by atoms with Crippen molar-refractivity contribution in [1.82, 2.24) is 5.32 Å². The Morgan fingerprint density at radius 2 is 1.62 bits per heavy atom. The molecular formula is C17H32N2OS. The Bertz CT molecular complexity index is 323. The SMILES string of the molecule is CCCCCCCCNC(=O)C1(C(N)=S)CCCCCC1. The summed E-state index contributed by atoms with van der Waals surface area (Å²) in [6.45, 7) is 2.98. The van der Waals surface area contributed by atoms with E-state index in [9.17, 15) is 4.79 Å². The Morgan fingerprint density at radius 3 is 2.19 bits per heavy atom. The molecule has 1 aliphatic carbocycles. The molecule has 1 rings (SSSR count). The fourth-order valence-electron chi connectivity index (χ4n) is 3.19. The van der Waals surface area contributed by atoms with Crippen molar-refractivity contribution in [3.05, 3.63) is 0 Å². The van der Waals surface area contributed by atoms with Gasteiger partial charge in [0.1, 0.15) is 0 Å². The van der Waals surface area contributed by atoms with Crippen LogP contribution in [0.25, 0.3) is 0 Å². The Balaban J connectivity index is 2.34. The monoisotopic (exact) mass is 312 g/mol. The molecule has 0 heterocycles. The minimum Gasteiger partial charge on any atom is -0.392 e. The third kappa shape index (κ3) is 5.93. The molecule has 0 aliphatic heterocycles. The van der Waals surface area contributed by atoms with Crippen LogP contribution in [-0.4, -0.2) is 17.4 Å². The lowest BCUT2D eigenvalue weighted by molar-refractivity contribution is -0.128. The summed E-state index contributed by atoms with van der Waals surface area (Å²) in [7, 11) is 0. The molecular weight excluding hydrogens is 280 g/mol. The molecule has 0 bridgehead atoms. The standard InChI is InChI=1S/C17H32N2OS/c1-2-3-4-5-8-11-14-19-16(20)17(15(18)21)12-9-6-7-10-13-17/h2-14H2,1H3,(H2,18,21)(H,19,20). The van der Waals surface area contributed by atoms with E-state index in [4.69, 9.17) is 18.0 Å². The van der Waals surface area contributed by atoms with Crippen LogP contribution in [0.1, 0.15) is 84.0 Å². The van der Waals surface area contributed by atoms with E-state index >= 15 is 0 Å². The molecule has 0 aromatic rings. The molecule has 3 nitrogen and oxygen atoms in total. The summed E-state index contributed by atoms with van der Waals surface area (Å²) < 4.78 is 0. The number of nitrogens with one attached hydrogen (secondary N) is 1. The Hall–Kier alpha value is -0.640. The first kappa shape index (κ1) is 18.4. The van der Waals surface area contributed by atoms with Crippen molar-refractivity contribution in [1.29, 1.82) is 0 Å². The van der Waals surface area contributed by atoms with Gasteiger partial charge in [-0.05, 0) is 19.3 Å². The van der Waals surface area contributed by atoms with Crippen LogP contribution in [0.2, 0.25) is 0 Å². The van der Waals surface area contributed by atoms with E-state index in [1.807, 2.05) is 0 Å². The number of carbonyl (C=O) groups is 1. The first-order valence-electron chi connectivity index (χ1n) is 8.71. The number of nitrogens with two attached hydrogens (primary N) is 1. The lowest BCUT2D eigenvalue weighted by Crippen LogP contribution is -2.48. The van der Waals surface area contributed by atoms with E-state index in [2.05, 4.69) is 12.2 Å². The van der Waals surface area contributed by atoms with Crippen LogP contribution in [0.4, 0.5) is 0 Å². The van der Waals surface area contributed by atoms with Crippen LogP contribution in [0.3, 0.4) is 0 Å². The van der Waals surface area contributed by atoms with Gasteiger partial charge in [0.05, 0.1) is 10.4 Å². The molecule has 0 saturated heterocycles. The Morgan fingerprint density at radius 1 is 1.05 bits per heavy atom. The number of rotatable bonds is 9. The number of hydrogen-bond donors (Lipinski definition) is 2. The van der Waals surface area contributed by atoms with Crippen LogP contribution >= 0.6 is 12.2 Å². The maximum absolute atomic E-state index is 12.6. The van der Waals surface area contributed by atoms with Gasteiger partial charge in [-0.2, -0.15) is 0 Å². The number of unbranched alkanes of at least 4 members (excludes halogenated alkanes) is 5. The molecule has 122 valence electrons. The molecule has 21 heavy (non-hydrogen) atoms. The summed E-state index contributed by atoms with van der Waals surface area (Å²) in [6.07, 6.45) is 13.6. The highest BCUT2D eigenvalue weighted by Gasteiger charge is 2.41. The zero-order chi connectivity index (χ0) is 15.6. The molecule has 3 N–H and O–H groups in total. The van der Waals surface area contributed by atoms with Gasteiger partial charge in [-0.15, -0.1) is 0 Å². The van der Waals surface area contributed by atoms with Crippen molar-refractivity contribution in [3.63, 3.8) is 0 Å². The normalized spacial score (nSPS) is 18.0. The molecule has 4 heteroatoms. The lowest BCUT2D eigenvalue weighted by Gasteiger charge is -2.30. The van der Waals surface area contributed by atoms with E-state index < -0.39 is 5.41 Å². The van der Waals surface area contributed by atoms with Crippen molar-refractivity contribution >= 4 is 23.1 Å². The summed E-state index contributed by atoms with van der Waals surface area (Å²) in [4.78, 5) is 13.0. The third-order valence-electron chi connectivity index (χ3n) is 4.68. The average Bonchev–Trinajstić information content (AvgIpc) is 2.73. The lowest BCUT2D eigenvalue weighted by atomic mass is 9.79. The Labute approximate surface area is 135 Å². The molecule has 1 fully saturated rings. The summed E-state index contributed by atoms with van der Waals surface area (Å²) in [5.41, 5.74) is 5.35. The number of amides is 1. The van der Waals surface area contributed by atoms with Gasteiger partial charge in [0, 0.05) is 6.54 Å². The average molecular weight is 313 g/mol. The van der Waals surface area contributed by atoms with Crippen LogP contribution in [0.5, 0.6) is 0 Å². The molecule has 1 aliphatic rings. The zero-order valence-corrected chi connectivity index (χ0v) is 14.4. The predicted molar refractivity (Wildman–Crippen MR) is 93.3 cm³/mol. The highest BCUT2D eigenvalue weighted by atomic mass is 32.1. The van der Waals surface area contributed by atoms with E-state index in [-0.39, 0.29) is 5.91 Å². The van der Waals surface area contributed by atoms with Gasteiger partial charge in [0.25, 0.3) is 0 Å². The zero-order valence-electron chi connectivity index (χ0n) is 13.6. The van der Waals surface area contributed by atoms with Gasteiger partial charge in [0.15, 0.2) is 0 Å². The summed E-state index contributed by atoms with van der Waals surface area (Å²) >= 11 is 5.23. The van der Waals surface area contributed by atoms with E-state index in [1.54, 1.807) is 0 Å². The quantitative estimate of drug-likeness (QED) is 0.383. The fourth-order valence-corrected chi connectivity index (χ4v) is 3.49. The van der Waals surface area contributed by atoms with Crippen LogP contribution in [-0.2, 0) is 4.79 Å². The largest absolute Gasteiger partial charge is 0.392 e. The highest BCUT2D eigenvalue weighted by molar-refractivity contribution is 7.80. The first-order chi connectivity index (χ1) is 10.1. The van der Waals surface area contributed by atoms with Gasteiger partial charge in [0.2, 0.25) is 5.91 Å². The van der Waals surface area contributed by atoms with Crippen molar-refractivity contribution in [2.45, 2.75) is 84.0 Å². The molecule has 0 spiro atoms. The topological polar surface area (TPSA) is 55.1 Å². The first-order valence-corrected chi connectivity index (χ1v) is 9.12. The number of thiocarbonyl (C=S) groups is 1. The van der Waals surface area contributed by atoms with E-state index in [0.717, 1.165) is 38.6 Å². The second-order valence-corrected chi connectivity index (χ2v) is 6.82. The summed E-state index contributed by atoms with van der Waals surface area (Å²) in [5, 5.41) is 3.09. The molecule has 0 unspecified atom stereocenters.